The summed E-state index contributed by atoms with van der Waals surface area (Å²) in [6, 6.07) is 3.94. The van der Waals surface area contributed by atoms with Crippen LogP contribution in [0.5, 0.6) is 5.88 Å². The topological polar surface area (TPSA) is 67.8 Å². The number of methoxy groups -OCH3 is 1. The van der Waals surface area contributed by atoms with Crippen molar-refractivity contribution >= 4 is 5.96 Å². The fourth-order valence-corrected chi connectivity index (χ4v) is 1.86. The summed E-state index contributed by atoms with van der Waals surface area (Å²) in [7, 11) is 3.46. The molecule has 1 aliphatic rings. The molecule has 0 saturated heterocycles. The molecular weight excluding hydrogens is 292 g/mol. The Labute approximate surface area is 138 Å². The zero-order valence-electron chi connectivity index (χ0n) is 14.6. The van der Waals surface area contributed by atoms with Gasteiger partial charge in [-0.15, -0.1) is 0 Å². The van der Waals surface area contributed by atoms with Gasteiger partial charge in [0.2, 0.25) is 5.88 Å². The highest BCUT2D eigenvalue weighted by molar-refractivity contribution is 5.79. The maximum absolute atomic E-state index is 5.64. The van der Waals surface area contributed by atoms with Crippen molar-refractivity contribution in [2.24, 2.45) is 10.9 Å². The molecule has 1 fully saturated rings. The van der Waals surface area contributed by atoms with Gasteiger partial charge in [0.05, 0.1) is 12.2 Å². The van der Waals surface area contributed by atoms with Crippen molar-refractivity contribution in [1.82, 2.24) is 15.6 Å². The maximum Gasteiger partial charge on any atom is 0.213 e. The van der Waals surface area contributed by atoms with Gasteiger partial charge >= 0.3 is 0 Å². The van der Waals surface area contributed by atoms with E-state index < -0.39 is 0 Å². The third kappa shape index (κ3) is 6.44. The van der Waals surface area contributed by atoms with Crippen LogP contribution in [0.15, 0.2) is 23.3 Å². The summed E-state index contributed by atoms with van der Waals surface area (Å²) in [6.45, 7) is 6.17. The van der Waals surface area contributed by atoms with Crippen molar-refractivity contribution in [3.63, 3.8) is 0 Å². The van der Waals surface area contributed by atoms with E-state index in [4.69, 9.17) is 9.47 Å². The number of nitrogens with one attached hydrogen (secondary N) is 2. The van der Waals surface area contributed by atoms with Crippen LogP contribution in [0.3, 0.4) is 0 Å². The molecule has 6 nitrogen and oxygen atoms in total. The molecule has 1 heterocycles. The highest BCUT2D eigenvalue weighted by Gasteiger charge is 2.22. The Kier molecular flexibility index (Phi) is 6.21. The molecule has 0 amide bonds. The van der Waals surface area contributed by atoms with E-state index in [9.17, 15) is 0 Å². The molecule has 0 aromatic carbocycles. The molecule has 1 saturated carbocycles. The van der Waals surface area contributed by atoms with E-state index in [-0.39, 0.29) is 5.60 Å². The van der Waals surface area contributed by atoms with Crippen molar-refractivity contribution in [3.8, 4) is 5.88 Å². The van der Waals surface area contributed by atoms with Crippen LogP contribution >= 0.6 is 0 Å². The Morgan fingerprint density at radius 3 is 2.70 bits per heavy atom. The highest BCUT2D eigenvalue weighted by atomic mass is 16.5. The molecular formula is C17H28N4O2. The molecule has 2 rings (SSSR count). The molecule has 0 aliphatic heterocycles. The van der Waals surface area contributed by atoms with E-state index in [1.165, 1.54) is 12.8 Å². The van der Waals surface area contributed by atoms with Crippen LogP contribution in [0.2, 0.25) is 0 Å². The monoisotopic (exact) mass is 320 g/mol. The average Bonchev–Trinajstić information content (AvgIpc) is 3.38. The Bertz CT molecular complexity index is 510. The predicted molar refractivity (Wildman–Crippen MR) is 91.7 cm³/mol. The minimum atomic E-state index is -0.236. The summed E-state index contributed by atoms with van der Waals surface area (Å²) < 4.78 is 11.0. The maximum atomic E-state index is 5.64. The van der Waals surface area contributed by atoms with E-state index in [0.717, 1.165) is 24.0 Å². The quantitative estimate of drug-likeness (QED) is 0.566. The van der Waals surface area contributed by atoms with Crippen molar-refractivity contribution < 1.29 is 9.47 Å². The second-order valence-electron chi connectivity index (χ2n) is 6.50. The van der Waals surface area contributed by atoms with Crippen LogP contribution < -0.4 is 15.4 Å². The first kappa shape index (κ1) is 17.5. The lowest BCUT2D eigenvalue weighted by Gasteiger charge is -2.24. The van der Waals surface area contributed by atoms with Crippen molar-refractivity contribution in [2.75, 3.05) is 27.3 Å². The lowest BCUT2D eigenvalue weighted by atomic mass is 10.1. The van der Waals surface area contributed by atoms with Crippen molar-refractivity contribution in [1.29, 1.82) is 0 Å². The Balaban J connectivity index is 1.74. The van der Waals surface area contributed by atoms with Crippen molar-refractivity contribution in [3.05, 3.63) is 23.9 Å². The third-order valence-electron chi connectivity index (χ3n) is 3.88. The largest absolute Gasteiger partial charge is 0.477 e. The molecule has 1 aliphatic carbocycles. The first-order valence-electron chi connectivity index (χ1n) is 8.10. The summed E-state index contributed by atoms with van der Waals surface area (Å²) in [6.07, 6.45) is 4.41. The van der Waals surface area contributed by atoms with Gasteiger partial charge in [0.1, 0.15) is 0 Å². The first-order chi connectivity index (χ1) is 11.0. The lowest BCUT2D eigenvalue weighted by Crippen LogP contribution is -2.45. The number of hydrogen-bond donors (Lipinski definition) is 2. The van der Waals surface area contributed by atoms with Crippen LogP contribution in [0, 0.1) is 5.92 Å². The van der Waals surface area contributed by atoms with Crippen LogP contribution in [0.1, 0.15) is 32.3 Å². The Hall–Kier alpha value is -1.82. The fraction of sp³-hybridized carbons (Fsp3) is 0.647. The van der Waals surface area contributed by atoms with Crippen LogP contribution in [-0.4, -0.2) is 43.9 Å². The number of guanidine groups is 1. The summed E-state index contributed by atoms with van der Waals surface area (Å²) >= 11 is 0. The van der Waals surface area contributed by atoms with E-state index >= 15 is 0 Å². The summed E-state index contributed by atoms with van der Waals surface area (Å²) in [5, 5.41) is 6.52. The van der Waals surface area contributed by atoms with Gasteiger partial charge in [-0.05, 0) is 38.2 Å². The highest BCUT2D eigenvalue weighted by Crippen LogP contribution is 2.29. The molecule has 0 spiro atoms. The number of hydrogen-bond acceptors (Lipinski definition) is 4. The summed E-state index contributed by atoms with van der Waals surface area (Å²) in [5.41, 5.74) is 0.845. The smallest absolute Gasteiger partial charge is 0.213 e. The van der Waals surface area contributed by atoms with Gasteiger partial charge in [0, 0.05) is 39.5 Å². The molecule has 0 atom stereocenters. The van der Waals surface area contributed by atoms with Gasteiger partial charge in [-0.25, -0.2) is 4.98 Å². The molecule has 23 heavy (non-hydrogen) atoms. The molecule has 1 aromatic heterocycles. The van der Waals surface area contributed by atoms with E-state index in [2.05, 4.69) is 20.6 Å². The van der Waals surface area contributed by atoms with Gasteiger partial charge in [-0.1, -0.05) is 6.07 Å². The molecule has 0 radical (unpaired) electrons. The first-order valence-corrected chi connectivity index (χ1v) is 8.10. The van der Waals surface area contributed by atoms with Gasteiger partial charge in [0.15, 0.2) is 5.96 Å². The predicted octanol–water partition coefficient (Wildman–Crippen LogP) is 1.96. The molecule has 6 heteroatoms. The van der Waals surface area contributed by atoms with E-state index in [1.54, 1.807) is 14.2 Å². The molecule has 128 valence electrons. The summed E-state index contributed by atoms with van der Waals surface area (Å²) in [5.74, 6) is 2.18. The number of aromatic nitrogens is 1. The number of rotatable bonds is 8. The van der Waals surface area contributed by atoms with E-state index in [0.29, 0.717) is 19.0 Å². The van der Waals surface area contributed by atoms with Gasteiger partial charge in [-0.2, -0.15) is 0 Å². The fourth-order valence-electron chi connectivity index (χ4n) is 1.86. The summed E-state index contributed by atoms with van der Waals surface area (Å²) in [4.78, 5) is 8.55. The zero-order valence-corrected chi connectivity index (χ0v) is 14.6. The second kappa shape index (κ2) is 8.15. The SMILES string of the molecule is CN=C(NCc1ccc(OCC2CC2)nc1)NCC(C)(C)OC. The van der Waals surface area contributed by atoms with Gasteiger partial charge in [-0.3, -0.25) is 4.99 Å². The lowest BCUT2D eigenvalue weighted by molar-refractivity contribution is 0.0268. The number of aliphatic imine (C=N–C) groups is 1. The number of pyridine rings is 1. The van der Waals surface area contributed by atoms with E-state index in [1.807, 2.05) is 32.2 Å². The molecule has 1 aromatic rings. The molecule has 0 bridgehead atoms. The normalized spacial score (nSPS) is 15.4. The number of ether oxygens (including phenoxy) is 2. The Morgan fingerprint density at radius 1 is 1.35 bits per heavy atom. The van der Waals surface area contributed by atoms with Crippen LogP contribution in [0.4, 0.5) is 0 Å². The van der Waals surface area contributed by atoms with Crippen LogP contribution in [0.25, 0.3) is 0 Å². The Morgan fingerprint density at radius 2 is 2.13 bits per heavy atom. The van der Waals surface area contributed by atoms with Crippen LogP contribution in [-0.2, 0) is 11.3 Å². The number of nitrogens with zero attached hydrogens (tertiary/aromatic N) is 2. The van der Waals surface area contributed by atoms with Crippen molar-refractivity contribution in [2.45, 2.75) is 38.8 Å². The minimum absolute atomic E-state index is 0.236. The van der Waals surface area contributed by atoms with Gasteiger partial charge < -0.3 is 20.1 Å². The van der Waals surface area contributed by atoms with Gasteiger partial charge in [0.25, 0.3) is 0 Å². The third-order valence-corrected chi connectivity index (χ3v) is 3.88. The molecule has 2 N–H and O–H groups in total. The minimum Gasteiger partial charge on any atom is -0.477 e. The molecule has 0 unspecified atom stereocenters. The second-order valence-corrected chi connectivity index (χ2v) is 6.50. The zero-order chi connectivity index (χ0) is 16.7. The standard InChI is InChI=1S/C17H28N4O2/c1-17(2,22-4)12-21-16(18-3)20-10-14-7-8-15(19-9-14)23-11-13-5-6-13/h7-9,13H,5-6,10-12H2,1-4H3,(H2,18,20,21). The average molecular weight is 320 g/mol.